The summed E-state index contributed by atoms with van der Waals surface area (Å²) in [4.78, 5) is 0.459. The Kier molecular flexibility index (Phi) is 9.75. The van der Waals surface area contributed by atoms with Gasteiger partial charge in [0.1, 0.15) is 0 Å². The molecule has 3 heterocycles. The molecule has 2 aliphatic rings. The van der Waals surface area contributed by atoms with Crippen LogP contribution in [-0.2, 0) is 36.9 Å². The molecule has 2 aromatic heterocycles. The summed E-state index contributed by atoms with van der Waals surface area (Å²) in [5.41, 5.74) is -1.24. The Hall–Kier alpha value is -1.48. The molecular formula is C27H32F6O5S2. The van der Waals surface area contributed by atoms with Crippen LogP contribution in [0.5, 0.6) is 0 Å². The molecule has 0 aromatic carbocycles. The zero-order valence-electron chi connectivity index (χ0n) is 22.7. The third kappa shape index (κ3) is 5.62. The second-order valence-corrected chi connectivity index (χ2v) is 12.0. The Morgan fingerprint density at radius 2 is 0.800 bits per heavy atom. The monoisotopic (exact) mass is 614 g/mol. The highest BCUT2D eigenvalue weighted by atomic mass is 32.1. The average Bonchev–Trinajstić information content (AvgIpc) is 3.35. The number of fused-ring (bicyclic) bond motifs is 6. The molecule has 0 spiro atoms. The van der Waals surface area contributed by atoms with Crippen LogP contribution in [0.15, 0.2) is 0 Å². The number of hydrogen-bond donors (Lipinski definition) is 0. The molecule has 0 saturated carbocycles. The summed E-state index contributed by atoms with van der Waals surface area (Å²) >= 11 is 1.58. The first-order valence-electron chi connectivity index (χ1n) is 12.8. The molecule has 0 atom stereocenters. The smallest absolute Gasteiger partial charge is 0.377 e. The van der Waals surface area contributed by atoms with Crippen LogP contribution in [0.2, 0.25) is 0 Å². The summed E-state index contributed by atoms with van der Waals surface area (Å²) in [6.07, 6.45) is 0. The molecule has 13 heteroatoms. The third-order valence-corrected chi connectivity index (χ3v) is 9.58. The van der Waals surface area contributed by atoms with Crippen molar-refractivity contribution in [3.05, 3.63) is 41.8 Å². The van der Waals surface area contributed by atoms with Crippen molar-refractivity contribution < 1.29 is 50.0 Å². The van der Waals surface area contributed by atoms with E-state index in [1.54, 1.807) is 13.8 Å². The van der Waals surface area contributed by atoms with E-state index >= 15 is 17.6 Å². The predicted octanol–water partition coefficient (Wildman–Crippen LogP) is 6.97. The van der Waals surface area contributed by atoms with Gasteiger partial charge in [0.05, 0.1) is 77.2 Å². The summed E-state index contributed by atoms with van der Waals surface area (Å²) in [6.45, 7) is 8.44. The molecule has 0 N–H and O–H groups in total. The fourth-order valence-corrected chi connectivity index (χ4v) is 7.24. The van der Waals surface area contributed by atoms with Gasteiger partial charge in [-0.2, -0.15) is 26.3 Å². The highest BCUT2D eigenvalue weighted by Gasteiger charge is 2.80. The van der Waals surface area contributed by atoms with Crippen LogP contribution in [0.25, 0.3) is 11.1 Å². The first-order valence-corrected chi connectivity index (χ1v) is 14.4. The second-order valence-electron chi connectivity index (χ2n) is 9.60. The van der Waals surface area contributed by atoms with E-state index in [2.05, 4.69) is 0 Å². The molecule has 4 rings (SSSR count). The maximum Gasteiger partial charge on any atom is 0.380 e. The molecule has 40 heavy (non-hydrogen) atoms. The van der Waals surface area contributed by atoms with E-state index in [0.717, 1.165) is 22.7 Å². The van der Waals surface area contributed by atoms with Crippen molar-refractivity contribution in [2.24, 2.45) is 0 Å². The molecule has 224 valence electrons. The van der Waals surface area contributed by atoms with Gasteiger partial charge in [-0.05, 0) is 49.9 Å². The van der Waals surface area contributed by atoms with Crippen molar-refractivity contribution in [1.82, 2.24) is 0 Å². The highest BCUT2D eigenvalue weighted by molar-refractivity contribution is 7.14. The van der Waals surface area contributed by atoms with Crippen LogP contribution in [0.4, 0.5) is 26.3 Å². The minimum atomic E-state index is -5.62. The summed E-state index contributed by atoms with van der Waals surface area (Å²) in [5, 5.41) is 0. The minimum Gasteiger partial charge on any atom is -0.377 e. The maximum absolute atomic E-state index is 15.4. The maximum atomic E-state index is 15.4. The van der Waals surface area contributed by atoms with E-state index in [1.165, 1.54) is 13.8 Å². The van der Waals surface area contributed by atoms with Gasteiger partial charge in [0.2, 0.25) is 0 Å². The number of hydrogen-bond acceptors (Lipinski definition) is 7. The van der Waals surface area contributed by atoms with E-state index in [-0.39, 0.29) is 60.5 Å². The Labute approximate surface area is 237 Å². The van der Waals surface area contributed by atoms with Gasteiger partial charge < -0.3 is 23.7 Å². The zero-order valence-corrected chi connectivity index (χ0v) is 24.3. The van der Waals surface area contributed by atoms with Gasteiger partial charge in [-0.25, -0.2) is 0 Å². The number of alkyl halides is 6. The molecule has 0 amide bonds. The number of aryl methyl sites for hydroxylation is 2. The SMILES string of the molecule is Cc1sc2c(C)c1COCCOCCOCCOCCOCc1c(C)sc(c1C)C1=C2C(F)(F)C(F)(F)C1(F)F. The van der Waals surface area contributed by atoms with E-state index < -0.39 is 28.9 Å². The van der Waals surface area contributed by atoms with E-state index in [4.69, 9.17) is 23.7 Å². The van der Waals surface area contributed by atoms with Crippen LogP contribution in [0.3, 0.4) is 0 Å². The fraction of sp³-hybridized carbons (Fsp3) is 0.630. The Bertz CT molecular complexity index is 1150. The quantitative estimate of drug-likeness (QED) is 0.300. The van der Waals surface area contributed by atoms with Gasteiger partial charge in [0.25, 0.3) is 0 Å². The lowest BCUT2D eigenvalue weighted by molar-refractivity contribution is -0.254. The molecule has 1 aliphatic carbocycles. The fourth-order valence-electron chi connectivity index (χ4n) is 4.74. The van der Waals surface area contributed by atoms with Gasteiger partial charge in [-0.3, -0.25) is 0 Å². The number of allylic oxidation sites excluding steroid dienone is 2. The van der Waals surface area contributed by atoms with Gasteiger partial charge in [0.15, 0.2) is 0 Å². The number of halogens is 6. The number of ether oxygens (including phenoxy) is 5. The molecular weight excluding hydrogens is 582 g/mol. The summed E-state index contributed by atoms with van der Waals surface area (Å²) < 4.78 is 119. The highest BCUT2D eigenvalue weighted by Crippen LogP contribution is 2.66. The van der Waals surface area contributed by atoms with Crippen LogP contribution < -0.4 is 0 Å². The average molecular weight is 615 g/mol. The lowest BCUT2D eigenvalue weighted by Gasteiger charge is -2.25. The Morgan fingerprint density at radius 1 is 0.500 bits per heavy atom. The Balaban J connectivity index is 1.81. The molecule has 1 aliphatic heterocycles. The van der Waals surface area contributed by atoms with Crippen LogP contribution in [0.1, 0.15) is 41.8 Å². The summed E-state index contributed by atoms with van der Waals surface area (Å²) in [6, 6.07) is 0. The molecule has 0 saturated heterocycles. The Morgan fingerprint density at radius 3 is 1.12 bits per heavy atom. The number of rotatable bonds is 0. The molecule has 2 aromatic rings. The normalized spacial score (nSPS) is 22.8. The molecule has 5 nitrogen and oxygen atoms in total. The van der Waals surface area contributed by atoms with Crippen molar-refractivity contribution in [3.8, 4) is 0 Å². The summed E-state index contributed by atoms with van der Waals surface area (Å²) in [7, 11) is 0. The molecule has 0 unspecified atom stereocenters. The first-order chi connectivity index (χ1) is 18.8. The van der Waals surface area contributed by atoms with Crippen molar-refractivity contribution in [2.75, 3.05) is 52.9 Å². The second kappa shape index (κ2) is 12.4. The lowest BCUT2D eigenvalue weighted by Crippen LogP contribution is -2.48. The van der Waals surface area contributed by atoms with E-state index in [0.29, 0.717) is 47.3 Å². The van der Waals surface area contributed by atoms with Gasteiger partial charge in [0, 0.05) is 19.5 Å². The van der Waals surface area contributed by atoms with Crippen LogP contribution >= 0.6 is 22.7 Å². The lowest BCUT2D eigenvalue weighted by atomic mass is 9.98. The minimum absolute atomic E-state index is 0.00897. The molecule has 0 radical (unpaired) electrons. The van der Waals surface area contributed by atoms with Gasteiger partial charge >= 0.3 is 17.8 Å². The van der Waals surface area contributed by atoms with Crippen molar-refractivity contribution >= 4 is 33.8 Å². The predicted molar refractivity (Wildman–Crippen MR) is 141 cm³/mol. The third-order valence-electron chi connectivity index (χ3n) is 7.05. The largest absolute Gasteiger partial charge is 0.380 e. The zero-order chi connectivity index (χ0) is 29.3. The molecule has 4 bridgehead atoms. The summed E-state index contributed by atoms with van der Waals surface area (Å²) in [5.74, 6) is -15.8. The van der Waals surface area contributed by atoms with Crippen molar-refractivity contribution in [2.45, 2.75) is 58.7 Å². The standard InChI is InChI=1S/C27H32F6O5S2/c1-15-19-13-37-11-9-35-7-5-34-6-8-36-10-12-38-14-20-16(2)24(40-18(20)4)22-21(23(15)39-17(19)3)25(28,29)27(32,33)26(22,30)31/h5-14H2,1-4H3. The van der Waals surface area contributed by atoms with Gasteiger partial charge in [-0.15, -0.1) is 22.7 Å². The van der Waals surface area contributed by atoms with E-state index in [9.17, 15) is 8.78 Å². The number of thiophene rings is 2. The van der Waals surface area contributed by atoms with Crippen molar-refractivity contribution in [1.29, 1.82) is 0 Å². The molecule has 0 fully saturated rings. The topological polar surface area (TPSA) is 46.2 Å². The van der Waals surface area contributed by atoms with Gasteiger partial charge in [-0.1, -0.05) is 0 Å². The van der Waals surface area contributed by atoms with Crippen LogP contribution in [-0.4, -0.2) is 70.6 Å². The first kappa shape index (κ1) is 31.5. The van der Waals surface area contributed by atoms with E-state index in [1.807, 2.05) is 0 Å². The van der Waals surface area contributed by atoms with Crippen molar-refractivity contribution in [3.63, 3.8) is 0 Å². The van der Waals surface area contributed by atoms with Crippen LogP contribution in [0, 0.1) is 27.7 Å².